The molecule has 0 unspecified atom stereocenters. The molecule has 1 aliphatic heterocycles. The molecule has 0 saturated heterocycles. The number of benzene rings is 1. The van der Waals surface area contributed by atoms with Gasteiger partial charge in [0.05, 0.1) is 24.2 Å². The Hall–Kier alpha value is -1.77. The molecule has 0 aliphatic carbocycles. The summed E-state index contributed by atoms with van der Waals surface area (Å²) in [4.78, 5) is 2.31. The Bertz CT molecular complexity index is 864. The smallest absolute Gasteiger partial charge is 0.209 e. The molecule has 2 aromatic rings. The summed E-state index contributed by atoms with van der Waals surface area (Å²) in [6, 6.07) is 6.86. The standard InChI is InChI=1S/C17H23FN4O2S/c1-13-8-15(18)5-4-14(13)11-21-6-3-7-22-17(12-21)9-16(20-22)10-19-25(2,23)24/h4-5,8-9,19H,3,6-7,10-12H2,1-2H3. The Balaban J connectivity index is 1.71. The molecule has 1 N–H and O–H groups in total. The zero-order valence-electron chi connectivity index (χ0n) is 14.5. The van der Waals surface area contributed by atoms with E-state index in [2.05, 4.69) is 14.7 Å². The van der Waals surface area contributed by atoms with Gasteiger partial charge in [0.25, 0.3) is 0 Å². The van der Waals surface area contributed by atoms with Gasteiger partial charge >= 0.3 is 0 Å². The van der Waals surface area contributed by atoms with E-state index in [0.29, 0.717) is 0 Å². The van der Waals surface area contributed by atoms with Crippen molar-refractivity contribution in [1.82, 2.24) is 19.4 Å². The molecule has 0 atom stereocenters. The lowest BCUT2D eigenvalue weighted by Gasteiger charge is -2.20. The van der Waals surface area contributed by atoms with Gasteiger partial charge in [-0.05, 0) is 42.7 Å². The van der Waals surface area contributed by atoms with E-state index in [-0.39, 0.29) is 12.4 Å². The molecule has 1 aliphatic rings. The molecule has 136 valence electrons. The van der Waals surface area contributed by atoms with Crippen molar-refractivity contribution in [1.29, 1.82) is 0 Å². The highest BCUT2D eigenvalue weighted by atomic mass is 32.2. The van der Waals surface area contributed by atoms with Crippen LogP contribution in [0.2, 0.25) is 0 Å². The highest BCUT2D eigenvalue weighted by Gasteiger charge is 2.18. The summed E-state index contributed by atoms with van der Waals surface area (Å²) in [5, 5.41) is 4.50. The molecule has 0 amide bonds. The van der Waals surface area contributed by atoms with Crippen LogP contribution in [-0.4, -0.2) is 35.9 Å². The molecule has 8 heteroatoms. The number of sulfonamides is 1. The second-order valence-corrected chi connectivity index (χ2v) is 8.41. The minimum absolute atomic E-state index is 0.204. The molecule has 0 saturated carbocycles. The van der Waals surface area contributed by atoms with Crippen molar-refractivity contribution in [2.75, 3.05) is 12.8 Å². The maximum atomic E-state index is 13.3. The summed E-state index contributed by atoms with van der Waals surface area (Å²) < 4.78 is 40.2. The predicted octanol–water partition coefficient (Wildman–Crippen LogP) is 1.79. The van der Waals surface area contributed by atoms with Crippen molar-refractivity contribution in [2.45, 2.75) is 39.5 Å². The Kier molecular flexibility index (Phi) is 5.21. The van der Waals surface area contributed by atoms with Crippen LogP contribution in [0.3, 0.4) is 0 Å². The molecule has 3 rings (SSSR count). The maximum Gasteiger partial charge on any atom is 0.209 e. The third-order valence-electron chi connectivity index (χ3n) is 4.36. The van der Waals surface area contributed by atoms with Gasteiger partial charge in [0.15, 0.2) is 0 Å². The number of hydrogen-bond donors (Lipinski definition) is 1. The van der Waals surface area contributed by atoms with Crippen molar-refractivity contribution in [3.8, 4) is 0 Å². The van der Waals surface area contributed by atoms with E-state index < -0.39 is 10.0 Å². The zero-order chi connectivity index (χ0) is 18.0. The minimum atomic E-state index is -3.23. The largest absolute Gasteiger partial charge is 0.293 e. The maximum absolute atomic E-state index is 13.3. The van der Waals surface area contributed by atoms with E-state index in [1.165, 1.54) is 6.07 Å². The summed E-state index contributed by atoms with van der Waals surface area (Å²) in [7, 11) is -3.23. The lowest BCUT2D eigenvalue weighted by atomic mass is 10.1. The zero-order valence-corrected chi connectivity index (χ0v) is 15.3. The van der Waals surface area contributed by atoms with E-state index >= 15 is 0 Å². The van der Waals surface area contributed by atoms with Gasteiger partial charge in [0.1, 0.15) is 5.82 Å². The summed E-state index contributed by atoms with van der Waals surface area (Å²) in [6.45, 7) is 5.38. The fourth-order valence-electron chi connectivity index (χ4n) is 3.09. The van der Waals surface area contributed by atoms with E-state index in [0.717, 1.165) is 61.4 Å². The van der Waals surface area contributed by atoms with Gasteiger partial charge in [-0.1, -0.05) is 6.07 Å². The first kappa shape index (κ1) is 18.0. The first-order chi connectivity index (χ1) is 11.8. The molecule has 25 heavy (non-hydrogen) atoms. The number of hydrogen-bond acceptors (Lipinski definition) is 4. The second kappa shape index (κ2) is 7.23. The number of halogens is 1. The summed E-state index contributed by atoms with van der Waals surface area (Å²) in [6.07, 6.45) is 2.11. The van der Waals surface area contributed by atoms with Crippen LogP contribution in [-0.2, 0) is 36.2 Å². The van der Waals surface area contributed by atoms with Gasteiger partial charge < -0.3 is 0 Å². The molecule has 0 spiro atoms. The van der Waals surface area contributed by atoms with E-state index in [1.807, 2.05) is 23.7 Å². The average molecular weight is 366 g/mol. The van der Waals surface area contributed by atoms with Gasteiger partial charge in [-0.3, -0.25) is 9.58 Å². The van der Waals surface area contributed by atoms with Crippen LogP contribution >= 0.6 is 0 Å². The van der Waals surface area contributed by atoms with Crippen molar-refractivity contribution in [2.24, 2.45) is 0 Å². The number of nitrogens with one attached hydrogen (secondary N) is 1. The van der Waals surface area contributed by atoms with Crippen LogP contribution in [0.1, 0.15) is 28.9 Å². The number of nitrogens with zero attached hydrogens (tertiary/aromatic N) is 3. The van der Waals surface area contributed by atoms with E-state index in [4.69, 9.17) is 0 Å². The SMILES string of the molecule is Cc1cc(F)ccc1CN1CCCn2nc(CNS(C)(=O)=O)cc2C1. The number of fused-ring (bicyclic) bond motifs is 1. The van der Waals surface area contributed by atoms with Crippen LogP contribution in [0.5, 0.6) is 0 Å². The Morgan fingerprint density at radius 2 is 2.08 bits per heavy atom. The Labute approximate surface area is 147 Å². The van der Waals surface area contributed by atoms with E-state index in [1.54, 1.807) is 6.07 Å². The molecular weight excluding hydrogens is 343 g/mol. The Morgan fingerprint density at radius 3 is 2.80 bits per heavy atom. The van der Waals surface area contributed by atoms with Crippen molar-refractivity contribution < 1.29 is 12.8 Å². The van der Waals surface area contributed by atoms with E-state index in [9.17, 15) is 12.8 Å². The van der Waals surface area contributed by atoms with Gasteiger partial charge in [-0.25, -0.2) is 17.5 Å². The van der Waals surface area contributed by atoms with Crippen LogP contribution in [0.25, 0.3) is 0 Å². The molecule has 0 fully saturated rings. The summed E-state index contributed by atoms with van der Waals surface area (Å²) in [5.74, 6) is -0.210. The summed E-state index contributed by atoms with van der Waals surface area (Å²) in [5.41, 5.74) is 3.87. The van der Waals surface area contributed by atoms with Crippen LogP contribution < -0.4 is 4.72 Å². The normalized spacial score (nSPS) is 15.8. The monoisotopic (exact) mass is 366 g/mol. The van der Waals surface area contributed by atoms with Crippen molar-refractivity contribution >= 4 is 10.0 Å². The van der Waals surface area contributed by atoms with Crippen LogP contribution in [0.15, 0.2) is 24.3 Å². The Morgan fingerprint density at radius 1 is 1.28 bits per heavy atom. The molecule has 2 heterocycles. The molecular formula is C17H23FN4O2S. The highest BCUT2D eigenvalue weighted by molar-refractivity contribution is 7.88. The second-order valence-electron chi connectivity index (χ2n) is 6.58. The number of rotatable bonds is 5. The lowest BCUT2D eigenvalue weighted by molar-refractivity contribution is 0.260. The van der Waals surface area contributed by atoms with Gasteiger partial charge in [0, 0.05) is 26.2 Å². The third kappa shape index (κ3) is 4.87. The molecule has 6 nitrogen and oxygen atoms in total. The molecule has 0 radical (unpaired) electrons. The fraction of sp³-hybridized carbons (Fsp3) is 0.471. The number of aromatic nitrogens is 2. The molecule has 1 aromatic carbocycles. The van der Waals surface area contributed by atoms with Crippen LogP contribution in [0.4, 0.5) is 4.39 Å². The first-order valence-corrected chi connectivity index (χ1v) is 10.2. The van der Waals surface area contributed by atoms with Gasteiger partial charge in [-0.15, -0.1) is 0 Å². The van der Waals surface area contributed by atoms with Gasteiger partial charge in [0.2, 0.25) is 10.0 Å². The topological polar surface area (TPSA) is 67.2 Å². The van der Waals surface area contributed by atoms with Gasteiger partial charge in [-0.2, -0.15) is 5.10 Å². The number of aryl methyl sites for hydroxylation is 2. The molecule has 1 aromatic heterocycles. The average Bonchev–Trinajstić information content (AvgIpc) is 2.80. The molecule has 0 bridgehead atoms. The minimum Gasteiger partial charge on any atom is -0.293 e. The van der Waals surface area contributed by atoms with Crippen molar-refractivity contribution in [3.63, 3.8) is 0 Å². The predicted molar refractivity (Wildman–Crippen MR) is 93.8 cm³/mol. The first-order valence-electron chi connectivity index (χ1n) is 8.28. The summed E-state index contributed by atoms with van der Waals surface area (Å²) >= 11 is 0. The van der Waals surface area contributed by atoms with Crippen molar-refractivity contribution in [3.05, 3.63) is 52.6 Å². The third-order valence-corrected chi connectivity index (χ3v) is 5.03. The lowest BCUT2D eigenvalue weighted by Crippen LogP contribution is -2.23. The van der Waals surface area contributed by atoms with Crippen LogP contribution in [0, 0.1) is 12.7 Å². The highest BCUT2D eigenvalue weighted by Crippen LogP contribution is 2.18. The quantitative estimate of drug-likeness (QED) is 0.876. The fourth-order valence-corrected chi connectivity index (χ4v) is 3.50.